The smallest absolute Gasteiger partial charge is 0.383 e. The highest BCUT2D eigenvalue weighted by Crippen LogP contribution is 2.75. The van der Waals surface area contributed by atoms with E-state index in [1.807, 2.05) is 14.2 Å². The fraction of sp³-hybridized carbons (Fsp3) is 1.00. The first-order valence-corrected chi connectivity index (χ1v) is 17.1. The van der Waals surface area contributed by atoms with Gasteiger partial charge in [0, 0.05) is 67.4 Å². The van der Waals surface area contributed by atoms with Crippen molar-refractivity contribution in [1.82, 2.24) is 18.7 Å². The number of ether oxygens (including phenoxy) is 2. The van der Waals surface area contributed by atoms with Crippen LogP contribution in [0.5, 0.6) is 0 Å². The van der Waals surface area contributed by atoms with Gasteiger partial charge in [-0.15, -0.1) is 0 Å². The molecular formula is C25H52BN4O2P2+. The first kappa shape index (κ1) is 29.2. The molecule has 2 unspecified atom stereocenters. The molecule has 0 aromatic rings. The molecule has 0 bridgehead atoms. The fourth-order valence-corrected chi connectivity index (χ4v) is 15.8. The maximum atomic E-state index is 7.97. The highest BCUT2D eigenvalue weighted by atomic mass is 31.2. The van der Waals surface area contributed by atoms with Crippen molar-refractivity contribution >= 4 is 23.2 Å². The van der Waals surface area contributed by atoms with Gasteiger partial charge in [0.2, 0.25) is 0 Å². The molecule has 2 radical (unpaired) electrons. The molecule has 196 valence electrons. The molecule has 1 aliphatic carbocycles. The van der Waals surface area contributed by atoms with Gasteiger partial charge in [-0.2, -0.15) is 9.34 Å². The average Bonchev–Trinajstić information content (AvgIpc) is 3.61. The molecular weight excluding hydrogens is 461 g/mol. The van der Waals surface area contributed by atoms with Gasteiger partial charge < -0.3 is 9.47 Å². The lowest BCUT2D eigenvalue weighted by molar-refractivity contribution is 0.135. The van der Waals surface area contributed by atoms with Crippen molar-refractivity contribution in [3.05, 3.63) is 0 Å². The monoisotopic (exact) mass is 513 g/mol. The number of methoxy groups -OCH3 is 2. The number of hydrogen-bond acceptors (Lipinski definition) is 6. The minimum atomic E-state index is -2.05. The molecule has 0 N–H and O–H groups in total. The molecule has 9 heteroatoms. The SMILES string of the molecule is [B][P+](C1CCCC1P(N(CC)CC)N(CC)CC)(N1CCC[C@@H]1COC)N1CCC[C@@H]1COC. The summed E-state index contributed by atoms with van der Waals surface area (Å²) >= 11 is 0. The van der Waals surface area contributed by atoms with Crippen molar-refractivity contribution in [3.63, 3.8) is 0 Å². The Labute approximate surface area is 214 Å². The molecule has 3 fully saturated rings. The average molecular weight is 513 g/mol. The van der Waals surface area contributed by atoms with Crippen molar-refractivity contribution < 1.29 is 9.47 Å². The fourth-order valence-electron chi connectivity index (χ4n) is 7.00. The molecule has 4 atom stereocenters. The van der Waals surface area contributed by atoms with Crippen LogP contribution in [0.3, 0.4) is 0 Å². The normalized spacial score (nSPS) is 29.4. The predicted molar refractivity (Wildman–Crippen MR) is 150 cm³/mol. The largest absolute Gasteiger partial charge is 0.409 e. The zero-order valence-corrected chi connectivity index (χ0v) is 24.8. The third-order valence-electron chi connectivity index (χ3n) is 8.50. The molecule has 0 aromatic carbocycles. The van der Waals surface area contributed by atoms with E-state index in [9.17, 15) is 0 Å². The van der Waals surface area contributed by atoms with E-state index < -0.39 is 7.44 Å². The second kappa shape index (κ2) is 14.0. The number of rotatable bonds is 14. The van der Waals surface area contributed by atoms with Gasteiger partial charge in [-0.25, -0.2) is 0 Å². The Kier molecular flexibility index (Phi) is 12.0. The van der Waals surface area contributed by atoms with Crippen LogP contribution in [0.1, 0.15) is 72.6 Å². The second-order valence-corrected chi connectivity index (χ2v) is 15.7. The Balaban J connectivity index is 2.04. The van der Waals surface area contributed by atoms with E-state index in [0.29, 0.717) is 23.4 Å². The van der Waals surface area contributed by atoms with Crippen molar-refractivity contribution in [2.75, 3.05) is 66.7 Å². The van der Waals surface area contributed by atoms with E-state index >= 15 is 0 Å². The van der Waals surface area contributed by atoms with Crippen molar-refractivity contribution in [1.29, 1.82) is 0 Å². The van der Waals surface area contributed by atoms with Crippen LogP contribution in [0.4, 0.5) is 0 Å². The summed E-state index contributed by atoms with van der Waals surface area (Å²) in [5.74, 6) is 0. The Bertz CT molecular complexity index is 563. The van der Waals surface area contributed by atoms with E-state index in [-0.39, 0.29) is 8.22 Å². The van der Waals surface area contributed by atoms with Crippen LogP contribution in [0, 0.1) is 0 Å². The molecule has 6 nitrogen and oxygen atoms in total. The van der Waals surface area contributed by atoms with Crippen LogP contribution in [0.15, 0.2) is 0 Å². The molecule has 0 aromatic heterocycles. The van der Waals surface area contributed by atoms with E-state index in [2.05, 4.69) is 46.4 Å². The highest BCUT2D eigenvalue weighted by molar-refractivity contribution is 7.94. The zero-order valence-electron chi connectivity index (χ0n) is 23.0. The van der Waals surface area contributed by atoms with E-state index in [1.165, 1.54) is 44.9 Å². The Morgan fingerprint density at radius 3 is 1.65 bits per heavy atom. The first-order valence-electron chi connectivity index (χ1n) is 14.0. The number of hydrogen-bond donors (Lipinski definition) is 0. The molecule has 1 saturated carbocycles. The van der Waals surface area contributed by atoms with E-state index in [4.69, 9.17) is 17.0 Å². The van der Waals surface area contributed by atoms with E-state index in [1.54, 1.807) is 0 Å². The minimum Gasteiger partial charge on any atom is -0.383 e. The summed E-state index contributed by atoms with van der Waals surface area (Å²) in [4.78, 5) is 0. The zero-order chi connectivity index (χ0) is 24.7. The van der Waals surface area contributed by atoms with Crippen molar-refractivity contribution in [2.24, 2.45) is 0 Å². The van der Waals surface area contributed by atoms with Crippen LogP contribution in [-0.2, 0) is 9.47 Å². The summed E-state index contributed by atoms with van der Waals surface area (Å²) in [5, 5.41) is 0. The summed E-state index contributed by atoms with van der Waals surface area (Å²) in [5.41, 5.74) is 1.26. The molecule has 34 heavy (non-hydrogen) atoms. The quantitative estimate of drug-likeness (QED) is 0.239. The lowest BCUT2D eigenvalue weighted by Crippen LogP contribution is -2.50. The summed E-state index contributed by atoms with van der Waals surface area (Å²) in [6.07, 6.45) is 8.85. The maximum absolute atomic E-state index is 7.97. The van der Waals surface area contributed by atoms with Gasteiger partial charge >= 0.3 is 7.57 Å². The summed E-state index contributed by atoms with van der Waals surface area (Å²) < 4.78 is 22.6. The van der Waals surface area contributed by atoms with E-state index in [0.717, 1.165) is 52.5 Å². The molecule has 2 aliphatic heterocycles. The lowest BCUT2D eigenvalue weighted by atomic mass is 10.2. The Morgan fingerprint density at radius 2 is 1.24 bits per heavy atom. The van der Waals surface area contributed by atoms with Gasteiger partial charge in [0.05, 0.1) is 31.0 Å². The molecule has 0 spiro atoms. The van der Waals surface area contributed by atoms with Gasteiger partial charge in [0.25, 0.3) is 0 Å². The topological polar surface area (TPSA) is 31.4 Å². The lowest BCUT2D eigenvalue weighted by Gasteiger charge is -2.51. The maximum Gasteiger partial charge on any atom is 0.409 e. The van der Waals surface area contributed by atoms with Gasteiger partial charge in [0.15, 0.2) is 0 Å². The van der Waals surface area contributed by atoms with Gasteiger partial charge in [-0.05, 0) is 44.9 Å². The third kappa shape index (κ3) is 5.88. The summed E-state index contributed by atoms with van der Waals surface area (Å²) in [6, 6.07) is 0.919. The number of nitrogens with zero attached hydrogens (tertiary/aromatic N) is 4. The van der Waals surface area contributed by atoms with Crippen molar-refractivity contribution in [2.45, 2.75) is 96.0 Å². The molecule has 0 amide bonds. The van der Waals surface area contributed by atoms with Gasteiger partial charge in [-0.1, -0.05) is 27.7 Å². The van der Waals surface area contributed by atoms with Crippen LogP contribution in [0.2, 0.25) is 0 Å². The molecule has 2 heterocycles. The standard InChI is InChI=1S/C25H52BN4O2P2/c1-7-27(8-2)33(28(9-3)10-4)24-16-11-17-25(24)34(26,29-18-12-14-22(29)20-31-5)30-19-13-15-23(30)21-32-6/h22-25H,7-21H2,1-6H3/q+1/t22-,23-,24?,25?/m1/s1. The molecule has 2 saturated heterocycles. The summed E-state index contributed by atoms with van der Waals surface area (Å²) in [7, 11) is 9.27. The predicted octanol–water partition coefficient (Wildman–Crippen LogP) is 5.06. The third-order valence-corrected chi connectivity index (χ3v) is 16.5. The highest BCUT2D eigenvalue weighted by Gasteiger charge is 2.62. The Morgan fingerprint density at radius 1 is 0.765 bits per heavy atom. The molecule has 3 rings (SSSR count). The van der Waals surface area contributed by atoms with Crippen molar-refractivity contribution in [3.8, 4) is 0 Å². The first-order chi connectivity index (χ1) is 16.5. The minimum absolute atomic E-state index is 0.367. The van der Waals surface area contributed by atoms with Crippen LogP contribution < -0.4 is 0 Å². The molecule has 3 aliphatic rings. The van der Waals surface area contributed by atoms with Crippen LogP contribution in [-0.4, -0.2) is 116 Å². The van der Waals surface area contributed by atoms with Gasteiger partial charge in [-0.3, -0.25) is 9.34 Å². The second-order valence-electron chi connectivity index (χ2n) is 10.2. The Hall–Kier alpha value is 0.685. The summed E-state index contributed by atoms with van der Waals surface area (Å²) in [6.45, 7) is 17.8. The van der Waals surface area contributed by atoms with Crippen LogP contribution >= 0.6 is 15.7 Å². The van der Waals surface area contributed by atoms with Gasteiger partial charge in [0.1, 0.15) is 7.44 Å². The van der Waals surface area contributed by atoms with Crippen LogP contribution in [0.25, 0.3) is 0 Å².